The van der Waals surface area contributed by atoms with E-state index in [1.807, 2.05) is 12.3 Å². The van der Waals surface area contributed by atoms with E-state index in [2.05, 4.69) is 15.1 Å². The van der Waals surface area contributed by atoms with E-state index >= 15 is 0 Å². The molecule has 3 aromatic rings. The molecule has 0 spiro atoms. The minimum atomic E-state index is 0.252. The topological polar surface area (TPSA) is 77.8 Å². The molecule has 2 aromatic heterocycles. The Hall–Kier alpha value is -1.63. The zero-order chi connectivity index (χ0) is 15.0. The molecule has 0 radical (unpaired) electrons. The lowest BCUT2D eigenvalue weighted by Crippen LogP contribution is -1.94. The molecule has 0 aliphatic heterocycles. The molecule has 0 fully saturated rings. The average molecular weight is 341 g/mol. The number of nitrogen functional groups attached to an aromatic ring is 1. The van der Waals surface area contributed by atoms with Crippen molar-refractivity contribution in [1.82, 2.24) is 15.1 Å². The van der Waals surface area contributed by atoms with E-state index in [-0.39, 0.29) is 5.89 Å². The number of nitrogens with two attached hydrogens (primary N) is 1. The average Bonchev–Trinajstić information content (AvgIpc) is 3.05. The van der Waals surface area contributed by atoms with Crippen molar-refractivity contribution in [3.05, 3.63) is 44.1 Å². The van der Waals surface area contributed by atoms with Gasteiger partial charge in [-0.2, -0.15) is 4.98 Å². The summed E-state index contributed by atoms with van der Waals surface area (Å²) in [6, 6.07) is 3.27. The van der Waals surface area contributed by atoms with E-state index in [1.165, 1.54) is 0 Å². The van der Waals surface area contributed by atoms with E-state index in [0.717, 1.165) is 10.7 Å². The minimum absolute atomic E-state index is 0.252. The Balaban J connectivity index is 1.93. The molecule has 0 unspecified atom stereocenters. The quantitative estimate of drug-likeness (QED) is 0.729. The van der Waals surface area contributed by atoms with Crippen molar-refractivity contribution in [3.8, 4) is 11.5 Å². The number of hydrogen-bond donors (Lipinski definition) is 1. The van der Waals surface area contributed by atoms with Gasteiger partial charge in [-0.25, -0.2) is 4.98 Å². The van der Waals surface area contributed by atoms with Crippen molar-refractivity contribution in [2.75, 3.05) is 5.73 Å². The van der Waals surface area contributed by atoms with Gasteiger partial charge in [0.25, 0.3) is 5.89 Å². The van der Waals surface area contributed by atoms with Gasteiger partial charge in [-0.15, -0.1) is 11.3 Å². The number of anilines is 1. The van der Waals surface area contributed by atoms with Gasteiger partial charge < -0.3 is 10.3 Å². The highest BCUT2D eigenvalue weighted by molar-refractivity contribution is 7.09. The van der Waals surface area contributed by atoms with Crippen molar-refractivity contribution >= 4 is 40.2 Å². The molecule has 0 atom stereocenters. The van der Waals surface area contributed by atoms with Gasteiger partial charge >= 0.3 is 0 Å². The van der Waals surface area contributed by atoms with Crippen molar-refractivity contribution < 1.29 is 4.52 Å². The first kappa shape index (κ1) is 14.3. The molecule has 1 aromatic carbocycles. The third-order valence-electron chi connectivity index (χ3n) is 2.83. The third-order valence-corrected chi connectivity index (χ3v) is 4.30. The number of nitrogens with zero attached hydrogens (tertiary/aromatic N) is 3. The largest absolute Gasteiger partial charge is 0.397 e. The highest BCUT2D eigenvalue weighted by atomic mass is 35.5. The summed E-state index contributed by atoms with van der Waals surface area (Å²) in [6.07, 6.45) is 0.492. The number of aryl methyl sites for hydroxylation is 1. The van der Waals surface area contributed by atoms with Gasteiger partial charge in [-0.05, 0) is 19.1 Å². The Morgan fingerprint density at radius 3 is 2.71 bits per heavy atom. The zero-order valence-corrected chi connectivity index (χ0v) is 13.3. The van der Waals surface area contributed by atoms with Crippen LogP contribution in [0.15, 0.2) is 22.0 Å². The molecule has 108 valence electrons. The molecule has 0 aliphatic rings. The number of rotatable bonds is 3. The van der Waals surface area contributed by atoms with Crippen LogP contribution in [0.3, 0.4) is 0 Å². The SMILES string of the molecule is Cc1nc(Cc2noc(-c3c(Cl)ccc(Cl)c3N)n2)cs1. The Bertz CT molecular complexity index is 799. The molecule has 21 heavy (non-hydrogen) atoms. The molecule has 0 amide bonds. The van der Waals surface area contributed by atoms with Crippen LogP contribution < -0.4 is 5.73 Å². The van der Waals surface area contributed by atoms with E-state index < -0.39 is 0 Å². The van der Waals surface area contributed by atoms with Crippen LogP contribution >= 0.6 is 34.5 Å². The molecular weight excluding hydrogens is 331 g/mol. The Morgan fingerprint density at radius 2 is 2.00 bits per heavy atom. The maximum absolute atomic E-state index is 6.13. The standard InChI is InChI=1S/C13H10Cl2N4OS/c1-6-17-7(5-21-6)4-10-18-13(20-19-10)11-8(14)2-3-9(15)12(11)16/h2-3,5H,4,16H2,1H3. The van der Waals surface area contributed by atoms with Gasteiger partial charge in [0.2, 0.25) is 0 Å². The second-order valence-corrected chi connectivity index (χ2v) is 6.24. The van der Waals surface area contributed by atoms with Crippen LogP contribution in [0.1, 0.15) is 16.5 Å². The van der Waals surface area contributed by atoms with Crippen molar-refractivity contribution in [2.24, 2.45) is 0 Å². The molecule has 3 rings (SSSR count). The van der Waals surface area contributed by atoms with Crippen molar-refractivity contribution in [3.63, 3.8) is 0 Å². The van der Waals surface area contributed by atoms with Crippen LogP contribution in [0.4, 0.5) is 5.69 Å². The van der Waals surface area contributed by atoms with Gasteiger partial charge in [0.1, 0.15) is 0 Å². The molecule has 0 bridgehead atoms. The van der Waals surface area contributed by atoms with Gasteiger partial charge in [-0.1, -0.05) is 28.4 Å². The summed E-state index contributed by atoms with van der Waals surface area (Å²) in [4.78, 5) is 8.67. The lowest BCUT2D eigenvalue weighted by atomic mass is 10.2. The summed E-state index contributed by atoms with van der Waals surface area (Å²) in [5.74, 6) is 0.771. The van der Waals surface area contributed by atoms with E-state index in [4.69, 9.17) is 33.5 Å². The van der Waals surface area contributed by atoms with Gasteiger partial charge in [0.15, 0.2) is 5.82 Å². The zero-order valence-electron chi connectivity index (χ0n) is 10.9. The van der Waals surface area contributed by atoms with Crippen LogP contribution in [-0.2, 0) is 6.42 Å². The first-order valence-corrected chi connectivity index (χ1v) is 7.65. The summed E-state index contributed by atoms with van der Waals surface area (Å²) in [5.41, 5.74) is 7.60. The molecule has 0 saturated heterocycles. The molecule has 0 aliphatic carbocycles. The molecule has 2 N–H and O–H groups in total. The normalized spacial score (nSPS) is 11.0. The summed E-state index contributed by atoms with van der Waals surface area (Å²) in [5, 5.41) is 7.70. The summed E-state index contributed by atoms with van der Waals surface area (Å²) in [7, 11) is 0. The maximum Gasteiger partial charge on any atom is 0.261 e. The lowest BCUT2D eigenvalue weighted by Gasteiger charge is -2.04. The highest BCUT2D eigenvalue weighted by Crippen LogP contribution is 2.36. The molecular formula is C13H10Cl2N4OS. The van der Waals surface area contributed by atoms with Crippen LogP contribution in [0.25, 0.3) is 11.5 Å². The summed E-state index contributed by atoms with van der Waals surface area (Å²) < 4.78 is 5.24. The highest BCUT2D eigenvalue weighted by Gasteiger charge is 2.18. The maximum atomic E-state index is 6.13. The second kappa shape index (κ2) is 5.63. The first-order chi connectivity index (χ1) is 10.0. The Kier molecular flexibility index (Phi) is 3.84. The minimum Gasteiger partial charge on any atom is -0.397 e. The Labute approximate surface area is 134 Å². The predicted molar refractivity (Wildman–Crippen MR) is 83.8 cm³/mol. The smallest absolute Gasteiger partial charge is 0.261 e. The number of hydrogen-bond acceptors (Lipinski definition) is 6. The lowest BCUT2D eigenvalue weighted by molar-refractivity contribution is 0.424. The number of aromatic nitrogens is 3. The fraction of sp³-hybridized carbons (Fsp3) is 0.154. The Morgan fingerprint density at radius 1 is 1.24 bits per heavy atom. The van der Waals surface area contributed by atoms with Crippen molar-refractivity contribution in [2.45, 2.75) is 13.3 Å². The molecule has 5 nitrogen and oxygen atoms in total. The van der Waals surface area contributed by atoms with Crippen LogP contribution in [0.2, 0.25) is 10.0 Å². The van der Waals surface area contributed by atoms with Crippen LogP contribution in [0, 0.1) is 6.92 Å². The fourth-order valence-corrected chi connectivity index (χ4v) is 2.88. The fourth-order valence-electron chi connectivity index (χ4n) is 1.86. The first-order valence-electron chi connectivity index (χ1n) is 6.02. The van der Waals surface area contributed by atoms with Gasteiger partial charge in [0, 0.05) is 5.38 Å². The number of halogens is 2. The molecule has 8 heteroatoms. The van der Waals surface area contributed by atoms with E-state index in [9.17, 15) is 0 Å². The molecule has 2 heterocycles. The summed E-state index contributed by atoms with van der Waals surface area (Å²) in [6.45, 7) is 1.95. The van der Waals surface area contributed by atoms with Crippen LogP contribution in [-0.4, -0.2) is 15.1 Å². The van der Waals surface area contributed by atoms with Gasteiger partial charge in [0.05, 0.1) is 38.4 Å². The second-order valence-electron chi connectivity index (χ2n) is 4.37. The van der Waals surface area contributed by atoms with Crippen LogP contribution in [0.5, 0.6) is 0 Å². The van der Waals surface area contributed by atoms with E-state index in [0.29, 0.717) is 33.5 Å². The molecule has 0 saturated carbocycles. The number of benzene rings is 1. The predicted octanol–water partition coefficient (Wildman–Crippen LogP) is 3.98. The third kappa shape index (κ3) is 2.88. The number of thiazole rings is 1. The van der Waals surface area contributed by atoms with Gasteiger partial charge in [-0.3, -0.25) is 0 Å². The summed E-state index contributed by atoms with van der Waals surface area (Å²) >= 11 is 13.7. The van der Waals surface area contributed by atoms with E-state index in [1.54, 1.807) is 23.5 Å². The van der Waals surface area contributed by atoms with Crippen molar-refractivity contribution in [1.29, 1.82) is 0 Å². The monoisotopic (exact) mass is 340 g/mol.